The maximum atomic E-state index is 12.6. The molecule has 1 aliphatic heterocycles. The monoisotopic (exact) mass is 517 g/mol. The third-order valence-corrected chi connectivity index (χ3v) is 8.96. The second-order valence-electron chi connectivity index (χ2n) is 11.5. The van der Waals surface area contributed by atoms with Gasteiger partial charge in [0.05, 0.1) is 13.2 Å². The van der Waals surface area contributed by atoms with Crippen LogP contribution in [0.15, 0.2) is 54.6 Å². The molecule has 0 radical (unpaired) electrons. The number of fused-ring (bicyclic) bond motifs is 1. The standard InChI is InChI=1S/C32H43N3O3/c1-23(2)25-12-14-26(15-13-25)34-18-16-27(17-19-34)35-30-11-7-6-10-28(30)29(21-36)31(35)20-33-32(37)38-22-24-8-4-3-5-9-24/h3-11,23,25-27,36H,12-22H2,1-2H3,(H,33,37). The average Bonchev–Trinajstić information content (AvgIpc) is 3.29. The van der Waals surface area contributed by atoms with E-state index in [1.54, 1.807) is 0 Å². The number of aromatic nitrogens is 1. The molecule has 0 atom stereocenters. The normalized spacial score (nSPS) is 21.2. The van der Waals surface area contributed by atoms with Gasteiger partial charge < -0.3 is 24.6 Å². The van der Waals surface area contributed by atoms with Gasteiger partial charge in [-0.2, -0.15) is 0 Å². The summed E-state index contributed by atoms with van der Waals surface area (Å²) in [7, 11) is 0. The van der Waals surface area contributed by atoms with Crippen LogP contribution in [0.4, 0.5) is 4.79 Å². The number of nitrogens with one attached hydrogen (secondary N) is 1. The maximum absolute atomic E-state index is 12.6. The van der Waals surface area contributed by atoms with E-state index in [4.69, 9.17) is 4.74 Å². The Morgan fingerprint density at radius 3 is 2.32 bits per heavy atom. The minimum absolute atomic E-state index is 0.0540. The number of hydrogen-bond acceptors (Lipinski definition) is 4. The van der Waals surface area contributed by atoms with Crippen molar-refractivity contribution in [3.63, 3.8) is 0 Å². The predicted molar refractivity (Wildman–Crippen MR) is 152 cm³/mol. The number of alkyl carbamates (subject to hydrolysis) is 1. The molecule has 1 aromatic heterocycles. The van der Waals surface area contributed by atoms with Crippen LogP contribution in [-0.4, -0.2) is 39.8 Å². The van der Waals surface area contributed by atoms with Gasteiger partial charge >= 0.3 is 6.09 Å². The van der Waals surface area contributed by atoms with Crippen molar-refractivity contribution in [2.24, 2.45) is 11.8 Å². The van der Waals surface area contributed by atoms with E-state index in [0.717, 1.165) is 71.5 Å². The van der Waals surface area contributed by atoms with Crippen molar-refractivity contribution < 1.29 is 14.6 Å². The fraction of sp³-hybridized carbons (Fsp3) is 0.531. The van der Waals surface area contributed by atoms with Crippen LogP contribution in [0.2, 0.25) is 0 Å². The van der Waals surface area contributed by atoms with E-state index in [1.807, 2.05) is 36.4 Å². The number of carbonyl (C=O) groups excluding carboxylic acids is 1. The van der Waals surface area contributed by atoms with E-state index < -0.39 is 6.09 Å². The number of hydrogen-bond donors (Lipinski definition) is 2. The first-order valence-electron chi connectivity index (χ1n) is 14.4. The number of rotatable bonds is 8. The lowest BCUT2D eigenvalue weighted by molar-refractivity contribution is 0.0887. The highest BCUT2D eigenvalue weighted by atomic mass is 16.5. The molecule has 1 aliphatic carbocycles. The molecule has 1 saturated carbocycles. The van der Waals surface area contributed by atoms with Crippen molar-refractivity contribution in [2.45, 2.75) is 84.2 Å². The number of aliphatic hydroxyl groups is 1. The van der Waals surface area contributed by atoms with Gasteiger partial charge in [-0.05, 0) is 62.0 Å². The third kappa shape index (κ3) is 5.92. The highest BCUT2D eigenvalue weighted by Crippen LogP contribution is 2.37. The molecule has 0 unspecified atom stereocenters. The summed E-state index contributed by atoms with van der Waals surface area (Å²) >= 11 is 0. The molecule has 6 nitrogen and oxygen atoms in total. The Kier molecular flexibility index (Phi) is 8.70. The summed E-state index contributed by atoms with van der Waals surface area (Å²) in [6, 6.07) is 19.1. The van der Waals surface area contributed by atoms with E-state index in [1.165, 1.54) is 25.7 Å². The molecule has 204 valence electrons. The first kappa shape index (κ1) is 26.8. The zero-order chi connectivity index (χ0) is 26.5. The van der Waals surface area contributed by atoms with Gasteiger partial charge in [0.1, 0.15) is 6.61 Å². The Balaban J connectivity index is 1.27. The topological polar surface area (TPSA) is 66.7 Å². The van der Waals surface area contributed by atoms with Crippen molar-refractivity contribution >= 4 is 17.0 Å². The Morgan fingerprint density at radius 1 is 0.947 bits per heavy atom. The summed E-state index contributed by atoms with van der Waals surface area (Å²) < 4.78 is 7.85. The van der Waals surface area contributed by atoms with E-state index in [-0.39, 0.29) is 13.2 Å². The SMILES string of the molecule is CC(C)C1CCC(N2CCC(n3c(CNC(=O)OCc4ccccc4)c(CO)c4ccccc43)CC2)CC1. The second kappa shape index (κ2) is 12.4. The summed E-state index contributed by atoms with van der Waals surface area (Å²) in [6.07, 6.45) is 7.10. The van der Waals surface area contributed by atoms with Gasteiger partial charge in [0.2, 0.25) is 0 Å². The molecule has 1 amide bonds. The van der Waals surface area contributed by atoms with Crippen molar-refractivity contribution in [2.75, 3.05) is 13.1 Å². The summed E-state index contributed by atoms with van der Waals surface area (Å²) in [5.41, 5.74) is 3.99. The quantitative estimate of drug-likeness (QED) is 0.362. The number of carbonyl (C=O) groups is 1. The largest absolute Gasteiger partial charge is 0.445 e. The van der Waals surface area contributed by atoms with Gasteiger partial charge in [0, 0.05) is 47.3 Å². The Morgan fingerprint density at radius 2 is 1.63 bits per heavy atom. The molecule has 2 N–H and O–H groups in total. The minimum Gasteiger partial charge on any atom is -0.445 e. The Hall–Kier alpha value is -2.83. The summed E-state index contributed by atoms with van der Waals surface area (Å²) in [5.74, 6) is 1.69. The van der Waals surface area contributed by atoms with Crippen molar-refractivity contribution in [1.29, 1.82) is 0 Å². The van der Waals surface area contributed by atoms with Crippen molar-refractivity contribution in [1.82, 2.24) is 14.8 Å². The number of benzene rings is 2. The Bertz CT molecular complexity index is 1190. The van der Waals surface area contributed by atoms with Crippen LogP contribution in [0.5, 0.6) is 0 Å². The average molecular weight is 518 g/mol. The maximum Gasteiger partial charge on any atom is 0.407 e. The van der Waals surface area contributed by atoms with Gasteiger partial charge in [-0.3, -0.25) is 0 Å². The number of piperidine rings is 1. The molecule has 2 aromatic carbocycles. The molecular formula is C32H43N3O3. The molecule has 5 rings (SSSR count). The molecule has 2 fully saturated rings. The highest BCUT2D eigenvalue weighted by molar-refractivity contribution is 5.86. The number of nitrogens with zero attached hydrogens (tertiary/aromatic N) is 2. The third-order valence-electron chi connectivity index (χ3n) is 8.96. The molecular weight excluding hydrogens is 474 g/mol. The fourth-order valence-electron chi connectivity index (χ4n) is 6.74. The van der Waals surface area contributed by atoms with Crippen LogP contribution in [0.3, 0.4) is 0 Å². The lowest BCUT2D eigenvalue weighted by Gasteiger charge is -2.42. The Labute approximate surface area is 227 Å². The first-order valence-corrected chi connectivity index (χ1v) is 14.4. The number of para-hydroxylation sites is 1. The van der Waals surface area contributed by atoms with Crippen molar-refractivity contribution in [3.8, 4) is 0 Å². The zero-order valence-corrected chi connectivity index (χ0v) is 22.9. The minimum atomic E-state index is -0.443. The predicted octanol–water partition coefficient (Wildman–Crippen LogP) is 6.41. The zero-order valence-electron chi connectivity index (χ0n) is 22.9. The van der Waals surface area contributed by atoms with E-state index in [9.17, 15) is 9.90 Å². The number of aliphatic hydroxyl groups excluding tert-OH is 1. The van der Waals surface area contributed by atoms with Gasteiger partial charge in [0.25, 0.3) is 0 Å². The molecule has 0 bridgehead atoms. The smallest absolute Gasteiger partial charge is 0.407 e. The van der Waals surface area contributed by atoms with E-state index >= 15 is 0 Å². The summed E-state index contributed by atoms with van der Waals surface area (Å²) in [6.45, 7) is 7.46. The van der Waals surface area contributed by atoms with Crippen LogP contribution in [-0.2, 0) is 24.5 Å². The summed E-state index contributed by atoms with van der Waals surface area (Å²) in [5, 5.41) is 14.4. The van der Waals surface area contributed by atoms with Crippen LogP contribution in [0, 0.1) is 11.8 Å². The molecule has 3 aromatic rings. The molecule has 1 saturated heterocycles. The van der Waals surface area contributed by atoms with Crippen LogP contribution in [0.25, 0.3) is 10.9 Å². The molecule has 38 heavy (non-hydrogen) atoms. The number of amides is 1. The number of likely N-dealkylation sites (tertiary alicyclic amines) is 1. The van der Waals surface area contributed by atoms with Gasteiger partial charge in [0.15, 0.2) is 0 Å². The molecule has 6 heteroatoms. The molecule has 2 aliphatic rings. The molecule has 0 spiro atoms. The van der Waals surface area contributed by atoms with E-state index in [2.05, 4.69) is 46.8 Å². The highest BCUT2D eigenvalue weighted by Gasteiger charge is 2.32. The van der Waals surface area contributed by atoms with Crippen LogP contribution >= 0.6 is 0 Å². The van der Waals surface area contributed by atoms with Gasteiger partial charge in [-0.15, -0.1) is 0 Å². The fourth-order valence-corrected chi connectivity index (χ4v) is 6.74. The lowest BCUT2D eigenvalue weighted by atomic mass is 9.79. The summed E-state index contributed by atoms with van der Waals surface area (Å²) in [4.78, 5) is 15.3. The van der Waals surface area contributed by atoms with Crippen molar-refractivity contribution in [3.05, 3.63) is 71.4 Å². The molecule has 2 heterocycles. The van der Waals surface area contributed by atoms with E-state index in [0.29, 0.717) is 12.6 Å². The van der Waals surface area contributed by atoms with Gasteiger partial charge in [-0.1, -0.05) is 62.4 Å². The van der Waals surface area contributed by atoms with Crippen LogP contribution < -0.4 is 5.32 Å². The first-order chi connectivity index (χ1) is 18.5. The van der Waals surface area contributed by atoms with Crippen LogP contribution in [0.1, 0.15) is 75.2 Å². The lowest BCUT2D eigenvalue weighted by Crippen LogP contribution is -2.44. The second-order valence-corrected chi connectivity index (χ2v) is 11.5. The number of ether oxygens (including phenoxy) is 1. The van der Waals surface area contributed by atoms with Gasteiger partial charge in [-0.25, -0.2) is 4.79 Å².